The molecule has 92 valence electrons. The Labute approximate surface area is 116 Å². The maximum Gasteiger partial charge on any atom is 0.0353 e. The van der Waals surface area contributed by atoms with Crippen molar-refractivity contribution in [3.8, 4) is 0 Å². The van der Waals surface area contributed by atoms with E-state index in [1.165, 1.54) is 22.3 Å². The van der Waals surface area contributed by atoms with Crippen LogP contribution in [0.1, 0.15) is 36.1 Å². The van der Waals surface area contributed by atoms with E-state index < -0.39 is 0 Å². The number of halogens is 1. The second-order valence-corrected chi connectivity index (χ2v) is 6.30. The average Bonchev–Trinajstić information content (AvgIpc) is 2.33. The molecule has 0 radical (unpaired) electrons. The molecule has 2 heteroatoms. The molecule has 0 heterocycles. The molecule has 2 aromatic rings. The van der Waals surface area contributed by atoms with Crippen molar-refractivity contribution in [3.63, 3.8) is 0 Å². The van der Waals surface area contributed by atoms with E-state index in [0.717, 1.165) is 16.6 Å². The van der Waals surface area contributed by atoms with E-state index >= 15 is 0 Å². The lowest BCUT2D eigenvalue weighted by Gasteiger charge is -2.36. The highest BCUT2D eigenvalue weighted by atomic mass is 79.9. The Hall–Kier alpha value is -1.28. The third-order valence-electron chi connectivity index (χ3n) is 3.98. The SMILES string of the molecule is CC1(C)c2ccccc2Cc2c(N)ccc(Br)c21. The molecule has 0 saturated carbocycles. The van der Waals surface area contributed by atoms with Crippen molar-refractivity contribution in [2.24, 2.45) is 0 Å². The van der Waals surface area contributed by atoms with E-state index in [2.05, 4.69) is 60.1 Å². The Morgan fingerprint density at radius 2 is 1.83 bits per heavy atom. The fraction of sp³-hybridized carbons (Fsp3) is 0.250. The lowest BCUT2D eigenvalue weighted by Crippen LogP contribution is -2.28. The summed E-state index contributed by atoms with van der Waals surface area (Å²) in [5, 5.41) is 0. The third-order valence-corrected chi connectivity index (χ3v) is 4.64. The van der Waals surface area contributed by atoms with Crippen LogP contribution in [-0.2, 0) is 11.8 Å². The minimum absolute atomic E-state index is 0.00160. The molecule has 0 aliphatic heterocycles. The second kappa shape index (κ2) is 3.86. The van der Waals surface area contributed by atoms with Crippen LogP contribution >= 0.6 is 15.9 Å². The van der Waals surface area contributed by atoms with Crippen LogP contribution in [0.15, 0.2) is 40.9 Å². The summed E-state index contributed by atoms with van der Waals surface area (Å²) in [7, 11) is 0. The summed E-state index contributed by atoms with van der Waals surface area (Å²) in [5.41, 5.74) is 12.5. The number of hydrogen-bond acceptors (Lipinski definition) is 1. The van der Waals surface area contributed by atoms with Crippen molar-refractivity contribution in [1.29, 1.82) is 0 Å². The Bertz CT molecular complexity index is 629. The standard InChI is InChI=1S/C16H16BrN/c1-16(2)12-6-4-3-5-10(12)9-11-14(18)8-7-13(17)15(11)16/h3-8H,9,18H2,1-2H3. The van der Waals surface area contributed by atoms with Gasteiger partial charge < -0.3 is 5.73 Å². The molecular formula is C16H16BrN. The van der Waals surface area contributed by atoms with E-state index in [1.54, 1.807) is 0 Å². The lowest BCUT2D eigenvalue weighted by molar-refractivity contribution is 0.608. The summed E-state index contributed by atoms with van der Waals surface area (Å²) >= 11 is 3.69. The van der Waals surface area contributed by atoms with Gasteiger partial charge in [-0.05, 0) is 34.4 Å². The van der Waals surface area contributed by atoms with Crippen LogP contribution in [0.3, 0.4) is 0 Å². The van der Waals surface area contributed by atoms with Crippen molar-refractivity contribution in [2.45, 2.75) is 25.7 Å². The van der Waals surface area contributed by atoms with Crippen LogP contribution in [0.25, 0.3) is 0 Å². The number of rotatable bonds is 0. The maximum atomic E-state index is 6.17. The minimum atomic E-state index is -0.00160. The molecule has 0 unspecified atom stereocenters. The first-order chi connectivity index (χ1) is 8.51. The molecule has 18 heavy (non-hydrogen) atoms. The van der Waals surface area contributed by atoms with Crippen LogP contribution in [0, 0.1) is 0 Å². The lowest BCUT2D eigenvalue weighted by atomic mass is 9.68. The summed E-state index contributed by atoms with van der Waals surface area (Å²) in [5.74, 6) is 0. The van der Waals surface area contributed by atoms with Gasteiger partial charge in [0.15, 0.2) is 0 Å². The predicted octanol–water partition coefficient (Wildman–Crippen LogP) is 4.26. The summed E-state index contributed by atoms with van der Waals surface area (Å²) in [6, 6.07) is 12.7. The Balaban J connectivity index is 2.35. The Morgan fingerprint density at radius 1 is 1.11 bits per heavy atom. The van der Waals surface area contributed by atoms with Gasteiger partial charge in [0.05, 0.1) is 0 Å². The molecule has 0 bridgehead atoms. The van der Waals surface area contributed by atoms with Gasteiger partial charge in [-0.25, -0.2) is 0 Å². The highest BCUT2D eigenvalue weighted by molar-refractivity contribution is 9.10. The van der Waals surface area contributed by atoms with Crippen LogP contribution in [0.2, 0.25) is 0 Å². The molecule has 1 aliphatic rings. The third kappa shape index (κ3) is 1.52. The van der Waals surface area contributed by atoms with E-state index in [-0.39, 0.29) is 5.41 Å². The molecular weight excluding hydrogens is 286 g/mol. The van der Waals surface area contributed by atoms with Crippen LogP contribution in [0.5, 0.6) is 0 Å². The Morgan fingerprint density at radius 3 is 2.61 bits per heavy atom. The molecule has 2 N–H and O–H groups in total. The minimum Gasteiger partial charge on any atom is -0.398 e. The van der Waals surface area contributed by atoms with Crippen molar-refractivity contribution >= 4 is 21.6 Å². The molecule has 0 atom stereocenters. The summed E-state index contributed by atoms with van der Waals surface area (Å²) in [6.07, 6.45) is 0.931. The zero-order valence-corrected chi connectivity index (χ0v) is 12.2. The van der Waals surface area contributed by atoms with Gasteiger partial charge in [0.2, 0.25) is 0 Å². The van der Waals surface area contributed by atoms with Crippen LogP contribution in [0.4, 0.5) is 5.69 Å². The molecule has 0 aromatic heterocycles. The van der Waals surface area contributed by atoms with Gasteiger partial charge in [-0.2, -0.15) is 0 Å². The summed E-state index contributed by atoms with van der Waals surface area (Å²) in [4.78, 5) is 0. The van der Waals surface area contributed by atoms with E-state index in [0.29, 0.717) is 0 Å². The van der Waals surface area contributed by atoms with E-state index in [1.807, 2.05) is 6.07 Å². The number of benzene rings is 2. The fourth-order valence-electron chi connectivity index (χ4n) is 3.11. The largest absolute Gasteiger partial charge is 0.398 e. The number of nitrogen functional groups attached to an aromatic ring is 1. The molecule has 2 aromatic carbocycles. The number of nitrogens with two attached hydrogens (primary N) is 1. The molecule has 0 fully saturated rings. The van der Waals surface area contributed by atoms with Gasteiger partial charge in [-0.3, -0.25) is 0 Å². The maximum absolute atomic E-state index is 6.17. The molecule has 1 aliphatic carbocycles. The number of hydrogen-bond donors (Lipinski definition) is 1. The first kappa shape index (κ1) is 11.8. The molecule has 3 rings (SSSR count). The normalized spacial score (nSPS) is 15.9. The first-order valence-corrected chi connectivity index (χ1v) is 6.97. The highest BCUT2D eigenvalue weighted by Crippen LogP contribution is 2.45. The molecule has 0 amide bonds. The smallest absolute Gasteiger partial charge is 0.0353 e. The van der Waals surface area contributed by atoms with Gasteiger partial charge in [-0.1, -0.05) is 54.0 Å². The van der Waals surface area contributed by atoms with E-state index in [9.17, 15) is 0 Å². The van der Waals surface area contributed by atoms with Gasteiger partial charge >= 0.3 is 0 Å². The molecule has 0 saturated heterocycles. The van der Waals surface area contributed by atoms with Gasteiger partial charge in [0.1, 0.15) is 0 Å². The van der Waals surface area contributed by atoms with Crippen molar-refractivity contribution in [3.05, 3.63) is 63.1 Å². The second-order valence-electron chi connectivity index (χ2n) is 5.45. The van der Waals surface area contributed by atoms with Gasteiger partial charge in [0, 0.05) is 22.0 Å². The molecule has 1 nitrogen and oxygen atoms in total. The summed E-state index contributed by atoms with van der Waals surface area (Å²) < 4.78 is 1.16. The topological polar surface area (TPSA) is 26.0 Å². The predicted molar refractivity (Wildman–Crippen MR) is 79.9 cm³/mol. The van der Waals surface area contributed by atoms with E-state index in [4.69, 9.17) is 5.73 Å². The molecule has 0 spiro atoms. The van der Waals surface area contributed by atoms with Gasteiger partial charge in [0.25, 0.3) is 0 Å². The van der Waals surface area contributed by atoms with Gasteiger partial charge in [-0.15, -0.1) is 0 Å². The fourth-order valence-corrected chi connectivity index (χ4v) is 3.98. The zero-order chi connectivity index (χ0) is 12.9. The number of anilines is 1. The number of fused-ring (bicyclic) bond motifs is 2. The zero-order valence-electron chi connectivity index (χ0n) is 10.6. The monoisotopic (exact) mass is 301 g/mol. The average molecular weight is 302 g/mol. The Kier molecular flexibility index (Phi) is 2.53. The highest BCUT2D eigenvalue weighted by Gasteiger charge is 2.34. The van der Waals surface area contributed by atoms with Crippen molar-refractivity contribution in [2.75, 3.05) is 5.73 Å². The van der Waals surface area contributed by atoms with Crippen LogP contribution in [-0.4, -0.2) is 0 Å². The first-order valence-electron chi connectivity index (χ1n) is 6.17. The van der Waals surface area contributed by atoms with Crippen molar-refractivity contribution in [1.82, 2.24) is 0 Å². The summed E-state index contributed by atoms with van der Waals surface area (Å²) in [6.45, 7) is 4.54. The van der Waals surface area contributed by atoms with Crippen LogP contribution < -0.4 is 5.73 Å². The van der Waals surface area contributed by atoms with Crippen molar-refractivity contribution < 1.29 is 0 Å². The quantitative estimate of drug-likeness (QED) is 0.723.